The molecule has 1 unspecified atom stereocenters. The van der Waals surface area contributed by atoms with Crippen molar-refractivity contribution in [3.63, 3.8) is 0 Å². The molecule has 90 valence electrons. The zero-order valence-electron chi connectivity index (χ0n) is 9.19. The number of unbranched alkanes of at least 4 members (excludes halogenated alkanes) is 1. The van der Waals surface area contributed by atoms with Crippen LogP contribution in [-0.4, -0.2) is 24.5 Å². The summed E-state index contributed by atoms with van der Waals surface area (Å²) >= 11 is 0. The van der Waals surface area contributed by atoms with Gasteiger partial charge in [-0.05, 0) is 18.2 Å². The lowest BCUT2D eigenvalue weighted by Gasteiger charge is -2.07. The van der Waals surface area contributed by atoms with Gasteiger partial charge in [-0.25, -0.2) is 4.79 Å². The average Bonchev–Trinajstić information content (AvgIpc) is 2.79. The van der Waals surface area contributed by atoms with E-state index < -0.39 is 0 Å². The normalized spacial score (nSPS) is 18.4. The highest BCUT2D eigenvalue weighted by Crippen LogP contribution is 2.37. The molecule has 0 saturated carbocycles. The molecule has 3 nitrogen and oxygen atoms in total. The van der Waals surface area contributed by atoms with Crippen molar-refractivity contribution in [2.75, 3.05) is 13.2 Å². The predicted octanol–water partition coefficient (Wildman–Crippen LogP) is 3.35. The molecule has 1 aliphatic heterocycles. The quantitative estimate of drug-likeness (QED) is 0.432. The van der Waals surface area contributed by atoms with Crippen molar-refractivity contribution in [1.29, 1.82) is 0 Å². The van der Waals surface area contributed by atoms with E-state index >= 15 is 0 Å². The maximum atomic E-state index is 11.0. The first-order valence-electron chi connectivity index (χ1n) is 5.33. The smallest absolute Gasteiger partial charge is 0.407 e. The topological polar surface area (TPSA) is 38.3 Å². The number of rotatable bonds is 7. The van der Waals surface area contributed by atoms with Crippen LogP contribution in [0.5, 0.6) is 0 Å². The lowest BCUT2D eigenvalue weighted by atomic mass is 10.2. The third kappa shape index (κ3) is 6.12. The van der Waals surface area contributed by atoms with Gasteiger partial charge in [0, 0.05) is 11.8 Å². The lowest BCUT2D eigenvalue weighted by molar-refractivity contribution is 0.158. The van der Waals surface area contributed by atoms with Crippen molar-refractivity contribution in [2.24, 2.45) is 0 Å². The fourth-order valence-corrected chi connectivity index (χ4v) is 3.51. The standard InChI is InChI=1S/C11H17NO2S2/c1-2-8-14-11(13)12-7-4-3-5-10-6-9-15-16-10/h2,6,9-10H,1,3-5,7-8H2,(H,12,13). The van der Waals surface area contributed by atoms with Gasteiger partial charge in [-0.3, -0.25) is 0 Å². The molecule has 5 heteroatoms. The molecule has 1 atom stereocenters. The number of amides is 1. The highest BCUT2D eigenvalue weighted by Gasteiger charge is 2.09. The number of hydrogen-bond donors (Lipinski definition) is 1. The minimum atomic E-state index is -0.356. The number of alkyl carbamates (subject to hydrolysis) is 1. The molecule has 0 bridgehead atoms. The molecule has 1 rings (SSSR count). The van der Waals surface area contributed by atoms with E-state index in [0.29, 0.717) is 11.8 Å². The van der Waals surface area contributed by atoms with E-state index in [1.54, 1.807) is 16.9 Å². The van der Waals surface area contributed by atoms with Crippen molar-refractivity contribution in [1.82, 2.24) is 5.32 Å². The first-order chi connectivity index (χ1) is 7.83. The summed E-state index contributed by atoms with van der Waals surface area (Å²) in [5.74, 6) is 0. The van der Waals surface area contributed by atoms with E-state index in [4.69, 9.17) is 4.74 Å². The molecule has 1 aliphatic rings. The third-order valence-corrected chi connectivity index (χ3v) is 4.47. The SMILES string of the molecule is C=CCOC(=O)NCCCCC1C=CSS1. The molecule has 0 fully saturated rings. The maximum absolute atomic E-state index is 11.0. The van der Waals surface area contributed by atoms with Crippen LogP contribution in [0.1, 0.15) is 19.3 Å². The van der Waals surface area contributed by atoms with Crippen LogP contribution in [-0.2, 0) is 4.74 Å². The molecular formula is C11H17NO2S2. The fourth-order valence-electron chi connectivity index (χ4n) is 1.25. The third-order valence-electron chi connectivity index (χ3n) is 2.04. The van der Waals surface area contributed by atoms with Crippen molar-refractivity contribution in [2.45, 2.75) is 24.5 Å². The Balaban J connectivity index is 1.89. The second kappa shape index (κ2) is 8.58. The Labute approximate surface area is 104 Å². The summed E-state index contributed by atoms with van der Waals surface area (Å²) in [4.78, 5) is 11.0. The summed E-state index contributed by atoms with van der Waals surface area (Å²) in [5.41, 5.74) is 0. The lowest BCUT2D eigenvalue weighted by Crippen LogP contribution is -2.25. The monoisotopic (exact) mass is 259 g/mol. The number of carbonyl (C=O) groups is 1. The molecule has 0 spiro atoms. The van der Waals surface area contributed by atoms with Gasteiger partial charge in [0.15, 0.2) is 0 Å². The molecule has 0 aliphatic carbocycles. The largest absolute Gasteiger partial charge is 0.445 e. The van der Waals surface area contributed by atoms with E-state index in [2.05, 4.69) is 23.4 Å². The Morgan fingerprint density at radius 3 is 3.12 bits per heavy atom. The van der Waals surface area contributed by atoms with Gasteiger partial charge in [0.1, 0.15) is 6.61 Å². The number of carbonyl (C=O) groups excluding carboxylic acids is 1. The van der Waals surface area contributed by atoms with Gasteiger partial charge < -0.3 is 10.1 Å². The zero-order valence-corrected chi connectivity index (χ0v) is 10.8. The van der Waals surface area contributed by atoms with E-state index in [-0.39, 0.29) is 12.7 Å². The summed E-state index contributed by atoms with van der Waals surface area (Å²) in [6, 6.07) is 0. The molecule has 0 radical (unpaired) electrons. The van der Waals surface area contributed by atoms with Crippen molar-refractivity contribution in [3.8, 4) is 0 Å². The minimum absolute atomic E-state index is 0.270. The molecular weight excluding hydrogens is 242 g/mol. The van der Waals surface area contributed by atoms with Crippen LogP contribution in [0.4, 0.5) is 4.79 Å². The molecule has 0 aromatic heterocycles. The summed E-state index contributed by atoms with van der Waals surface area (Å²) in [7, 11) is 3.70. The number of ether oxygens (including phenoxy) is 1. The second-order valence-electron chi connectivity index (χ2n) is 3.37. The van der Waals surface area contributed by atoms with Gasteiger partial charge >= 0.3 is 6.09 Å². The van der Waals surface area contributed by atoms with Gasteiger partial charge in [0.2, 0.25) is 0 Å². The Morgan fingerprint density at radius 1 is 1.56 bits per heavy atom. The Bertz CT molecular complexity index is 256. The maximum Gasteiger partial charge on any atom is 0.407 e. The molecule has 1 heterocycles. The van der Waals surface area contributed by atoms with E-state index in [0.717, 1.165) is 12.8 Å². The van der Waals surface area contributed by atoms with Crippen LogP contribution in [0.3, 0.4) is 0 Å². The van der Waals surface area contributed by atoms with Gasteiger partial charge in [-0.1, -0.05) is 46.7 Å². The highest BCUT2D eigenvalue weighted by molar-refractivity contribution is 8.78. The van der Waals surface area contributed by atoms with Crippen LogP contribution in [0.15, 0.2) is 24.1 Å². The Hall–Kier alpha value is -0.550. The van der Waals surface area contributed by atoms with Gasteiger partial charge in [-0.15, -0.1) is 0 Å². The summed E-state index contributed by atoms with van der Waals surface area (Å²) in [6.45, 7) is 4.43. The van der Waals surface area contributed by atoms with Gasteiger partial charge in [-0.2, -0.15) is 0 Å². The van der Waals surface area contributed by atoms with E-state index in [9.17, 15) is 4.79 Å². The molecule has 0 aromatic carbocycles. The molecule has 0 saturated heterocycles. The average molecular weight is 259 g/mol. The summed E-state index contributed by atoms with van der Waals surface area (Å²) in [5, 5.41) is 5.49. The molecule has 1 N–H and O–H groups in total. The van der Waals surface area contributed by atoms with Crippen molar-refractivity contribution >= 4 is 27.7 Å². The van der Waals surface area contributed by atoms with Crippen molar-refractivity contribution in [3.05, 3.63) is 24.1 Å². The van der Waals surface area contributed by atoms with Gasteiger partial charge in [0.05, 0.1) is 0 Å². The Morgan fingerprint density at radius 2 is 2.44 bits per heavy atom. The Kier molecular flexibility index (Phi) is 7.25. The first-order valence-corrected chi connectivity index (χ1v) is 7.61. The van der Waals surface area contributed by atoms with E-state index in [1.807, 2.05) is 10.8 Å². The number of nitrogens with one attached hydrogen (secondary N) is 1. The van der Waals surface area contributed by atoms with Crippen LogP contribution < -0.4 is 5.32 Å². The van der Waals surface area contributed by atoms with Crippen LogP contribution in [0, 0.1) is 0 Å². The molecule has 16 heavy (non-hydrogen) atoms. The van der Waals surface area contributed by atoms with E-state index in [1.165, 1.54) is 6.42 Å². The first kappa shape index (κ1) is 13.5. The zero-order chi connectivity index (χ0) is 11.6. The second-order valence-corrected chi connectivity index (χ2v) is 5.79. The molecule has 0 aromatic rings. The van der Waals surface area contributed by atoms with Gasteiger partial charge in [0.25, 0.3) is 0 Å². The van der Waals surface area contributed by atoms with Crippen LogP contribution >= 0.6 is 21.6 Å². The van der Waals surface area contributed by atoms with Crippen molar-refractivity contribution < 1.29 is 9.53 Å². The van der Waals surface area contributed by atoms with Crippen LogP contribution in [0.25, 0.3) is 0 Å². The summed E-state index contributed by atoms with van der Waals surface area (Å²) < 4.78 is 4.78. The number of hydrogen-bond acceptors (Lipinski definition) is 4. The fraction of sp³-hybridized carbons (Fsp3) is 0.545. The summed E-state index contributed by atoms with van der Waals surface area (Å²) in [6.07, 6.45) is 6.74. The highest BCUT2D eigenvalue weighted by atomic mass is 33.1. The molecule has 1 amide bonds. The predicted molar refractivity (Wildman–Crippen MR) is 71.5 cm³/mol. The minimum Gasteiger partial charge on any atom is -0.445 e. The van der Waals surface area contributed by atoms with Crippen LogP contribution in [0.2, 0.25) is 0 Å².